The molecule has 156 valence electrons. The van der Waals surface area contributed by atoms with E-state index in [9.17, 15) is 9.59 Å². The van der Waals surface area contributed by atoms with E-state index in [1.54, 1.807) is 29.9 Å². The van der Waals surface area contributed by atoms with Gasteiger partial charge in [-0.25, -0.2) is 4.98 Å². The van der Waals surface area contributed by atoms with Gasteiger partial charge in [0.15, 0.2) is 11.5 Å². The van der Waals surface area contributed by atoms with E-state index >= 15 is 0 Å². The number of anilines is 1. The highest BCUT2D eigenvalue weighted by Gasteiger charge is 2.16. The van der Waals surface area contributed by atoms with Crippen LogP contribution in [-0.4, -0.2) is 25.7 Å². The molecular formula is C22H25N5O3. The van der Waals surface area contributed by atoms with E-state index in [0.717, 1.165) is 16.6 Å². The van der Waals surface area contributed by atoms with Crippen LogP contribution in [0.4, 0.5) is 5.69 Å². The maximum absolute atomic E-state index is 12.5. The molecule has 0 aliphatic heterocycles. The molecule has 0 radical (unpaired) electrons. The van der Waals surface area contributed by atoms with Crippen LogP contribution in [0, 0.1) is 13.8 Å². The number of nitrogens with one attached hydrogen (secondary N) is 2. The van der Waals surface area contributed by atoms with Crippen molar-refractivity contribution in [3.63, 3.8) is 0 Å². The fourth-order valence-electron chi connectivity index (χ4n) is 3.79. The standard InChI is InChI=1S/C22H25N5O3/c1-11(2)22-24-16-10-14(6-8-17(16)30-22)23-18(28)9-7-15-12(3)19-13(4)26-27(5)20(19)25-21(15)29/h6,8,10-11H,7,9H2,1-5H3,(H,23,28)(H,25,29). The Morgan fingerprint density at radius 2 is 2.07 bits per heavy atom. The molecule has 4 rings (SSSR count). The number of aromatic nitrogens is 4. The predicted octanol–water partition coefficient (Wildman–Crippen LogP) is 3.71. The van der Waals surface area contributed by atoms with Gasteiger partial charge in [0.1, 0.15) is 11.2 Å². The fraction of sp³-hybridized carbons (Fsp3) is 0.364. The van der Waals surface area contributed by atoms with Crippen molar-refractivity contribution in [1.82, 2.24) is 19.7 Å². The molecule has 0 aliphatic carbocycles. The summed E-state index contributed by atoms with van der Waals surface area (Å²) in [6.45, 7) is 7.85. The van der Waals surface area contributed by atoms with E-state index in [-0.39, 0.29) is 23.8 Å². The first-order valence-corrected chi connectivity index (χ1v) is 10.00. The second-order valence-corrected chi connectivity index (χ2v) is 7.93. The molecule has 30 heavy (non-hydrogen) atoms. The monoisotopic (exact) mass is 407 g/mol. The smallest absolute Gasteiger partial charge is 0.253 e. The van der Waals surface area contributed by atoms with Crippen LogP contribution in [-0.2, 0) is 18.3 Å². The van der Waals surface area contributed by atoms with Crippen LogP contribution in [0.1, 0.15) is 48.9 Å². The lowest BCUT2D eigenvalue weighted by atomic mass is 10.0. The van der Waals surface area contributed by atoms with E-state index in [1.807, 2.05) is 27.7 Å². The number of hydrogen-bond acceptors (Lipinski definition) is 5. The fourth-order valence-corrected chi connectivity index (χ4v) is 3.79. The lowest BCUT2D eigenvalue weighted by Gasteiger charge is -2.08. The maximum Gasteiger partial charge on any atom is 0.253 e. The molecule has 0 saturated carbocycles. The van der Waals surface area contributed by atoms with Gasteiger partial charge in [-0.15, -0.1) is 0 Å². The lowest BCUT2D eigenvalue weighted by Crippen LogP contribution is -2.19. The quantitative estimate of drug-likeness (QED) is 0.524. The first-order valence-electron chi connectivity index (χ1n) is 10.00. The van der Waals surface area contributed by atoms with Crippen LogP contribution in [0.5, 0.6) is 0 Å². The van der Waals surface area contributed by atoms with E-state index < -0.39 is 0 Å². The van der Waals surface area contributed by atoms with Crippen molar-refractivity contribution in [3.05, 3.63) is 51.3 Å². The van der Waals surface area contributed by atoms with Crippen molar-refractivity contribution >= 4 is 33.7 Å². The zero-order valence-corrected chi connectivity index (χ0v) is 17.8. The van der Waals surface area contributed by atoms with Gasteiger partial charge in [0, 0.05) is 36.0 Å². The van der Waals surface area contributed by atoms with Crippen molar-refractivity contribution in [1.29, 1.82) is 0 Å². The summed E-state index contributed by atoms with van der Waals surface area (Å²) >= 11 is 0. The van der Waals surface area contributed by atoms with E-state index in [2.05, 4.69) is 20.4 Å². The summed E-state index contributed by atoms with van der Waals surface area (Å²) in [6.07, 6.45) is 0.545. The second kappa shape index (κ2) is 7.44. The summed E-state index contributed by atoms with van der Waals surface area (Å²) in [5.41, 5.74) is 4.92. The highest BCUT2D eigenvalue weighted by molar-refractivity contribution is 5.93. The van der Waals surface area contributed by atoms with Gasteiger partial charge in [0.2, 0.25) is 5.91 Å². The Labute approximate surface area is 173 Å². The van der Waals surface area contributed by atoms with Crippen molar-refractivity contribution in [3.8, 4) is 0 Å². The molecule has 1 aromatic carbocycles. The molecule has 0 unspecified atom stereocenters. The number of aromatic amines is 1. The first-order chi connectivity index (χ1) is 14.2. The van der Waals surface area contributed by atoms with Crippen LogP contribution in [0.2, 0.25) is 0 Å². The summed E-state index contributed by atoms with van der Waals surface area (Å²) in [6, 6.07) is 5.39. The molecule has 0 fully saturated rings. The Kier molecular flexibility index (Phi) is 4.93. The highest BCUT2D eigenvalue weighted by atomic mass is 16.3. The number of carbonyl (C=O) groups excluding carboxylic acids is 1. The number of oxazole rings is 1. The van der Waals surface area contributed by atoms with Gasteiger partial charge >= 0.3 is 0 Å². The summed E-state index contributed by atoms with van der Waals surface area (Å²) in [5, 5.41) is 8.20. The number of benzene rings is 1. The van der Waals surface area contributed by atoms with Crippen molar-refractivity contribution < 1.29 is 9.21 Å². The number of aryl methyl sites for hydroxylation is 3. The number of H-pyrrole nitrogens is 1. The van der Waals surface area contributed by atoms with Gasteiger partial charge in [-0.05, 0) is 44.0 Å². The van der Waals surface area contributed by atoms with Crippen LogP contribution in [0.15, 0.2) is 27.4 Å². The molecule has 0 atom stereocenters. The van der Waals surface area contributed by atoms with Crippen LogP contribution in [0.25, 0.3) is 22.1 Å². The summed E-state index contributed by atoms with van der Waals surface area (Å²) < 4.78 is 7.37. The van der Waals surface area contributed by atoms with Gasteiger partial charge in [-0.2, -0.15) is 5.10 Å². The first kappa shape index (κ1) is 19.9. The number of nitrogens with zero attached hydrogens (tertiary/aromatic N) is 3. The SMILES string of the molecule is Cc1nn(C)c2[nH]c(=O)c(CCC(=O)Nc3ccc4oc(C(C)C)nc4c3)c(C)c12. The second-order valence-electron chi connectivity index (χ2n) is 7.93. The highest BCUT2D eigenvalue weighted by Crippen LogP contribution is 2.24. The normalized spacial score (nSPS) is 11.7. The molecule has 4 aromatic rings. The zero-order chi connectivity index (χ0) is 21.6. The van der Waals surface area contributed by atoms with Crippen molar-refractivity contribution in [2.75, 3.05) is 5.32 Å². The Bertz CT molecular complexity index is 1330. The van der Waals surface area contributed by atoms with Gasteiger partial charge in [-0.1, -0.05) is 13.8 Å². The third-order valence-electron chi connectivity index (χ3n) is 5.34. The average molecular weight is 407 g/mol. The number of fused-ring (bicyclic) bond motifs is 2. The number of hydrogen-bond donors (Lipinski definition) is 2. The number of rotatable bonds is 5. The Morgan fingerprint density at radius 3 is 2.80 bits per heavy atom. The minimum atomic E-state index is -0.180. The maximum atomic E-state index is 12.5. The molecule has 0 spiro atoms. The van der Waals surface area contributed by atoms with Gasteiger partial charge in [-0.3, -0.25) is 14.3 Å². The molecule has 0 bridgehead atoms. The third-order valence-corrected chi connectivity index (χ3v) is 5.34. The Morgan fingerprint density at radius 1 is 1.30 bits per heavy atom. The summed E-state index contributed by atoms with van der Waals surface area (Å²) in [4.78, 5) is 32.4. The molecule has 1 amide bonds. The van der Waals surface area contributed by atoms with E-state index in [4.69, 9.17) is 4.42 Å². The van der Waals surface area contributed by atoms with E-state index in [0.29, 0.717) is 40.3 Å². The summed E-state index contributed by atoms with van der Waals surface area (Å²) in [5.74, 6) is 0.700. The molecule has 8 nitrogen and oxygen atoms in total. The molecule has 3 aromatic heterocycles. The van der Waals surface area contributed by atoms with Gasteiger partial charge in [0.25, 0.3) is 5.56 Å². The number of carbonyl (C=O) groups is 1. The van der Waals surface area contributed by atoms with Crippen LogP contribution in [0.3, 0.4) is 0 Å². The molecule has 0 saturated heterocycles. The largest absolute Gasteiger partial charge is 0.440 e. The van der Waals surface area contributed by atoms with E-state index in [1.165, 1.54) is 0 Å². The third kappa shape index (κ3) is 3.49. The van der Waals surface area contributed by atoms with Crippen LogP contribution >= 0.6 is 0 Å². The number of pyridine rings is 1. The van der Waals surface area contributed by atoms with Gasteiger partial charge in [0.05, 0.1) is 5.69 Å². The Hall–Kier alpha value is -3.42. The molecule has 2 N–H and O–H groups in total. The van der Waals surface area contributed by atoms with Crippen molar-refractivity contribution in [2.24, 2.45) is 7.05 Å². The van der Waals surface area contributed by atoms with Crippen molar-refractivity contribution in [2.45, 2.75) is 46.5 Å². The molecule has 3 heterocycles. The minimum Gasteiger partial charge on any atom is -0.440 e. The predicted molar refractivity (Wildman–Crippen MR) is 116 cm³/mol. The molecule has 0 aliphatic rings. The molecular weight excluding hydrogens is 382 g/mol. The minimum absolute atomic E-state index is 0.163. The summed E-state index contributed by atoms with van der Waals surface area (Å²) in [7, 11) is 1.80. The molecule has 8 heteroatoms. The average Bonchev–Trinajstić information content (AvgIpc) is 3.22. The lowest BCUT2D eigenvalue weighted by molar-refractivity contribution is -0.116. The van der Waals surface area contributed by atoms with Gasteiger partial charge < -0.3 is 14.7 Å². The van der Waals surface area contributed by atoms with Crippen LogP contribution < -0.4 is 10.9 Å². The zero-order valence-electron chi connectivity index (χ0n) is 17.8. The Balaban J connectivity index is 1.51. The number of amides is 1. The topological polar surface area (TPSA) is 106 Å².